The fourth-order valence-electron chi connectivity index (χ4n) is 2.35. The van der Waals surface area contributed by atoms with Crippen molar-refractivity contribution < 1.29 is 19.1 Å². The molecule has 0 aliphatic rings. The largest absolute Gasteiger partial charge is 0.451 e. The number of carbonyl (C=O) groups excluding carboxylic acids is 3. The number of rotatable bonds is 7. The summed E-state index contributed by atoms with van der Waals surface area (Å²) in [6, 6.07) is 8.45. The summed E-state index contributed by atoms with van der Waals surface area (Å²) in [7, 11) is 0. The quantitative estimate of drug-likeness (QED) is 0.599. The molecule has 1 aromatic carbocycles. The molecule has 1 heterocycles. The van der Waals surface area contributed by atoms with Crippen molar-refractivity contribution in [2.24, 2.45) is 0 Å². The number of ketones is 1. The average Bonchev–Trinajstić information content (AvgIpc) is 2.94. The van der Waals surface area contributed by atoms with E-state index in [1.54, 1.807) is 24.3 Å². The maximum Gasteiger partial charge on any atom is 0.348 e. The van der Waals surface area contributed by atoms with Gasteiger partial charge in [-0.1, -0.05) is 25.5 Å². The number of aryl methyl sites for hydroxylation is 2. The Morgan fingerprint density at radius 2 is 1.96 bits per heavy atom. The van der Waals surface area contributed by atoms with Crippen molar-refractivity contribution in [3.8, 4) is 0 Å². The van der Waals surface area contributed by atoms with Gasteiger partial charge in [0.2, 0.25) is 0 Å². The minimum absolute atomic E-state index is 0.0847. The second-order valence-electron chi connectivity index (χ2n) is 5.70. The molecule has 0 aliphatic carbocycles. The zero-order valence-electron chi connectivity index (χ0n) is 14.5. The van der Waals surface area contributed by atoms with Crippen LogP contribution in [0.25, 0.3) is 0 Å². The summed E-state index contributed by atoms with van der Waals surface area (Å²) in [6.07, 6.45) is 1.93. The highest BCUT2D eigenvalue weighted by atomic mass is 32.1. The summed E-state index contributed by atoms with van der Waals surface area (Å²) < 4.78 is 5.08. The SMILES string of the molecule is CCCc1cc(C(=O)OCC(=O)Nc2cccc(C(C)=O)c2)sc1C. The van der Waals surface area contributed by atoms with E-state index >= 15 is 0 Å². The van der Waals surface area contributed by atoms with E-state index in [1.807, 2.05) is 13.0 Å². The van der Waals surface area contributed by atoms with Gasteiger partial charge in [0.15, 0.2) is 12.4 Å². The molecule has 0 radical (unpaired) electrons. The predicted octanol–water partition coefficient (Wildman–Crippen LogP) is 4.01. The fourth-order valence-corrected chi connectivity index (χ4v) is 3.32. The van der Waals surface area contributed by atoms with E-state index < -0.39 is 11.9 Å². The standard InChI is InChI=1S/C19H21NO4S/c1-4-6-15-10-17(25-13(15)3)19(23)24-11-18(22)20-16-8-5-7-14(9-16)12(2)21/h5,7-10H,4,6,11H2,1-3H3,(H,20,22). The second-order valence-corrected chi connectivity index (χ2v) is 6.96. The van der Waals surface area contributed by atoms with Crippen molar-refractivity contribution in [1.29, 1.82) is 0 Å². The Morgan fingerprint density at radius 3 is 2.64 bits per heavy atom. The van der Waals surface area contributed by atoms with E-state index in [4.69, 9.17) is 4.74 Å². The highest BCUT2D eigenvalue weighted by molar-refractivity contribution is 7.14. The van der Waals surface area contributed by atoms with Gasteiger partial charge in [-0.15, -0.1) is 11.3 Å². The molecule has 0 atom stereocenters. The number of hydrogen-bond donors (Lipinski definition) is 1. The van der Waals surface area contributed by atoms with Crippen LogP contribution in [-0.4, -0.2) is 24.3 Å². The lowest BCUT2D eigenvalue weighted by atomic mass is 10.1. The Morgan fingerprint density at radius 1 is 1.20 bits per heavy atom. The van der Waals surface area contributed by atoms with Crippen LogP contribution in [0.1, 0.15) is 50.7 Å². The molecule has 1 N–H and O–H groups in total. The number of hydrogen-bond acceptors (Lipinski definition) is 5. The molecule has 0 saturated heterocycles. The van der Waals surface area contributed by atoms with Crippen molar-refractivity contribution in [2.45, 2.75) is 33.6 Å². The smallest absolute Gasteiger partial charge is 0.348 e. The molecule has 1 amide bonds. The minimum atomic E-state index is -0.497. The number of esters is 1. The van der Waals surface area contributed by atoms with Crippen molar-refractivity contribution in [3.63, 3.8) is 0 Å². The maximum atomic E-state index is 12.1. The molecule has 132 valence electrons. The lowest BCUT2D eigenvalue weighted by Gasteiger charge is -2.07. The Labute approximate surface area is 151 Å². The van der Waals surface area contributed by atoms with Gasteiger partial charge in [0.25, 0.3) is 5.91 Å². The lowest BCUT2D eigenvalue weighted by molar-refractivity contribution is -0.119. The van der Waals surface area contributed by atoms with Crippen LogP contribution in [0.2, 0.25) is 0 Å². The molecular formula is C19H21NO4S. The Balaban J connectivity index is 1.91. The number of amides is 1. The molecule has 5 nitrogen and oxygen atoms in total. The van der Waals surface area contributed by atoms with Gasteiger partial charge >= 0.3 is 5.97 Å². The Bertz CT molecular complexity index is 794. The van der Waals surface area contributed by atoms with Gasteiger partial charge in [0.05, 0.1) is 0 Å². The second kappa shape index (κ2) is 8.58. The number of benzene rings is 1. The molecular weight excluding hydrogens is 338 g/mol. The summed E-state index contributed by atoms with van der Waals surface area (Å²) in [4.78, 5) is 37.0. The maximum absolute atomic E-state index is 12.1. The van der Waals surface area contributed by atoms with Crippen molar-refractivity contribution in [3.05, 3.63) is 51.2 Å². The lowest BCUT2D eigenvalue weighted by Crippen LogP contribution is -2.20. The third-order valence-corrected chi connectivity index (χ3v) is 4.70. The molecule has 0 aliphatic heterocycles. The van der Waals surface area contributed by atoms with Crippen LogP contribution in [0, 0.1) is 6.92 Å². The van der Waals surface area contributed by atoms with Crippen molar-refractivity contribution in [1.82, 2.24) is 0 Å². The number of anilines is 1. The first-order chi connectivity index (χ1) is 11.9. The Hall–Kier alpha value is -2.47. The van der Waals surface area contributed by atoms with Gasteiger partial charge in [-0.25, -0.2) is 4.79 Å². The van der Waals surface area contributed by atoms with Gasteiger partial charge in [-0.3, -0.25) is 9.59 Å². The van der Waals surface area contributed by atoms with Crippen LogP contribution >= 0.6 is 11.3 Å². The Kier molecular flexibility index (Phi) is 6.47. The number of thiophene rings is 1. The first-order valence-electron chi connectivity index (χ1n) is 8.08. The van der Waals surface area contributed by atoms with Crippen LogP contribution in [0.4, 0.5) is 5.69 Å². The van der Waals surface area contributed by atoms with Gasteiger partial charge in [0, 0.05) is 16.1 Å². The molecule has 0 fully saturated rings. The third-order valence-electron chi connectivity index (χ3n) is 3.63. The summed E-state index contributed by atoms with van der Waals surface area (Å²) in [5.74, 6) is -1.03. The van der Waals surface area contributed by atoms with E-state index in [0.717, 1.165) is 23.3 Å². The van der Waals surface area contributed by atoms with Crippen LogP contribution in [-0.2, 0) is 16.0 Å². The number of nitrogens with one attached hydrogen (secondary N) is 1. The molecule has 2 rings (SSSR count). The third kappa shape index (κ3) is 5.26. The topological polar surface area (TPSA) is 72.5 Å². The van der Waals surface area contributed by atoms with Crippen LogP contribution in [0.5, 0.6) is 0 Å². The summed E-state index contributed by atoms with van der Waals surface area (Å²) in [5, 5.41) is 2.62. The first kappa shape index (κ1) is 18.9. The molecule has 0 spiro atoms. The van der Waals surface area contributed by atoms with E-state index in [1.165, 1.54) is 18.3 Å². The van der Waals surface area contributed by atoms with Gasteiger partial charge in [-0.2, -0.15) is 0 Å². The number of ether oxygens (including phenoxy) is 1. The van der Waals surface area contributed by atoms with E-state index in [2.05, 4.69) is 12.2 Å². The predicted molar refractivity (Wildman–Crippen MR) is 98.4 cm³/mol. The van der Waals surface area contributed by atoms with E-state index in [-0.39, 0.29) is 12.4 Å². The zero-order chi connectivity index (χ0) is 18.4. The monoisotopic (exact) mass is 359 g/mol. The molecule has 2 aromatic rings. The molecule has 6 heteroatoms. The van der Waals surface area contributed by atoms with E-state index in [9.17, 15) is 14.4 Å². The van der Waals surface area contributed by atoms with Crippen molar-refractivity contribution in [2.75, 3.05) is 11.9 Å². The average molecular weight is 359 g/mol. The van der Waals surface area contributed by atoms with E-state index in [0.29, 0.717) is 16.1 Å². The van der Waals surface area contributed by atoms with Gasteiger partial charge < -0.3 is 10.1 Å². The minimum Gasteiger partial charge on any atom is -0.451 e. The molecule has 0 saturated carbocycles. The highest BCUT2D eigenvalue weighted by Gasteiger charge is 2.15. The first-order valence-corrected chi connectivity index (χ1v) is 8.89. The van der Waals surface area contributed by atoms with Crippen molar-refractivity contribution >= 4 is 34.7 Å². The van der Waals surface area contributed by atoms with Crippen LogP contribution < -0.4 is 5.32 Å². The summed E-state index contributed by atoms with van der Waals surface area (Å²) in [5.41, 5.74) is 2.14. The summed E-state index contributed by atoms with van der Waals surface area (Å²) in [6.45, 7) is 5.14. The summed E-state index contributed by atoms with van der Waals surface area (Å²) >= 11 is 1.38. The number of carbonyl (C=O) groups is 3. The van der Waals surface area contributed by atoms with Gasteiger partial charge in [0.1, 0.15) is 4.88 Å². The highest BCUT2D eigenvalue weighted by Crippen LogP contribution is 2.23. The van der Waals surface area contributed by atoms with Crippen LogP contribution in [0.3, 0.4) is 0 Å². The molecule has 25 heavy (non-hydrogen) atoms. The molecule has 0 unspecified atom stereocenters. The molecule has 0 bridgehead atoms. The molecule has 1 aromatic heterocycles. The van der Waals surface area contributed by atoms with Crippen LogP contribution in [0.15, 0.2) is 30.3 Å². The van der Waals surface area contributed by atoms with Gasteiger partial charge in [-0.05, 0) is 44.0 Å². The fraction of sp³-hybridized carbons (Fsp3) is 0.316. The normalized spacial score (nSPS) is 10.4. The zero-order valence-corrected chi connectivity index (χ0v) is 15.4. The number of Topliss-reactive ketones (excluding diaryl/α,β-unsaturated/α-hetero) is 1.